The van der Waals surface area contributed by atoms with Gasteiger partial charge in [-0.15, -0.1) is 0 Å². The summed E-state index contributed by atoms with van der Waals surface area (Å²) in [7, 11) is 0. The zero-order valence-corrected chi connectivity index (χ0v) is 24.1. The Morgan fingerprint density at radius 2 is 1.71 bits per heavy atom. The molecule has 0 saturated carbocycles. The summed E-state index contributed by atoms with van der Waals surface area (Å²) in [6.07, 6.45) is 27.4. The van der Waals surface area contributed by atoms with Gasteiger partial charge in [-0.3, -0.25) is 9.13 Å². The first-order valence-electron chi connectivity index (χ1n) is 14.5. The van der Waals surface area contributed by atoms with Crippen molar-refractivity contribution in [2.75, 3.05) is 0 Å². The van der Waals surface area contributed by atoms with E-state index in [1.54, 1.807) is 0 Å². The maximum absolute atomic E-state index is 4.80. The fraction of sp³-hybridized carbons (Fsp3) is 0.189. The zero-order chi connectivity index (χ0) is 28.3. The predicted molar refractivity (Wildman–Crippen MR) is 177 cm³/mol. The van der Waals surface area contributed by atoms with Crippen molar-refractivity contribution in [1.82, 2.24) is 14.1 Å². The van der Waals surface area contributed by atoms with Gasteiger partial charge in [0.2, 0.25) is 0 Å². The van der Waals surface area contributed by atoms with E-state index in [1.807, 2.05) is 24.6 Å². The van der Waals surface area contributed by atoms with E-state index in [2.05, 4.69) is 115 Å². The van der Waals surface area contributed by atoms with Crippen LogP contribution >= 0.6 is 0 Å². The topological polar surface area (TPSA) is 35.1 Å². The van der Waals surface area contributed by atoms with E-state index in [9.17, 15) is 0 Å². The van der Waals surface area contributed by atoms with Crippen molar-refractivity contribution >= 4 is 57.5 Å². The molecule has 0 amide bonds. The molecule has 1 aromatic carbocycles. The number of pyridine rings is 1. The quantitative estimate of drug-likeness (QED) is 0.216. The van der Waals surface area contributed by atoms with Crippen molar-refractivity contribution in [2.24, 2.45) is 4.99 Å². The molecule has 0 saturated heterocycles. The molecule has 0 N–H and O–H groups in total. The van der Waals surface area contributed by atoms with Crippen molar-refractivity contribution < 1.29 is 0 Å². The summed E-state index contributed by atoms with van der Waals surface area (Å²) in [6.45, 7) is 10.7. The Bertz CT molecular complexity index is 1870. The van der Waals surface area contributed by atoms with Crippen LogP contribution in [-0.4, -0.2) is 20.3 Å². The summed E-state index contributed by atoms with van der Waals surface area (Å²) in [5.74, 6) is 1.06. The number of aliphatic imine (C=N–C) groups is 1. The Labute approximate surface area is 242 Å². The summed E-state index contributed by atoms with van der Waals surface area (Å²) in [4.78, 5) is 9.55. The maximum atomic E-state index is 4.80. The predicted octanol–water partition coefficient (Wildman–Crippen LogP) is 9.94. The Hall–Kier alpha value is -4.70. The Morgan fingerprint density at radius 1 is 0.927 bits per heavy atom. The second kappa shape index (κ2) is 11.4. The Kier molecular flexibility index (Phi) is 7.39. The molecule has 41 heavy (non-hydrogen) atoms. The van der Waals surface area contributed by atoms with Gasteiger partial charge in [0.05, 0.1) is 11.2 Å². The fourth-order valence-electron chi connectivity index (χ4n) is 6.00. The van der Waals surface area contributed by atoms with Crippen molar-refractivity contribution in [1.29, 1.82) is 0 Å². The lowest BCUT2D eigenvalue weighted by Gasteiger charge is -2.12. The molecule has 1 aliphatic heterocycles. The number of nitrogens with zero attached hydrogens (tertiary/aromatic N) is 4. The molecule has 204 valence electrons. The number of benzene rings is 1. The number of hydrogen-bond acceptors (Lipinski definition) is 2. The maximum Gasteiger partial charge on any atom is 0.145 e. The third-order valence-electron chi connectivity index (χ3n) is 8.03. The summed E-state index contributed by atoms with van der Waals surface area (Å²) >= 11 is 0. The Morgan fingerprint density at radius 3 is 2.56 bits per heavy atom. The lowest BCUT2D eigenvalue weighted by Crippen LogP contribution is -1.98. The SMILES string of the molecule is C=CC(=C\C=C(/C)n1c2c(c3ccccc31)CCC=N2)/C(=C/C=C(\C)n1c2c(c3cccnc31)C=CCC=C2)CC. The lowest BCUT2D eigenvalue weighted by atomic mass is 10.0. The molecule has 4 aromatic rings. The average molecular weight is 537 g/mol. The van der Waals surface area contributed by atoms with Crippen LogP contribution in [0, 0.1) is 0 Å². The molecule has 0 bridgehead atoms. The molecule has 4 heterocycles. The number of aromatic nitrogens is 3. The van der Waals surface area contributed by atoms with E-state index in [0.29, 0.717) is 0 Å². The summed E-state index contributed by atoms with van der Waals surface area (Å²) in [6, 6.07) is 12.8. The van der Waals surface area contributed by atoms with Gasteiger partial charge in [-0.1, -0.05) is 68.2 Å². The molecule has 0 fully saturated rings. The fourth-order valence-corrected chi connectivity index (χ4v) is 6.00. The third-order valence-corrected chi connectivity index (χ3v) is 8.03. The molecule has 6 rings (SSSR count). The van der Waals surface area contributed by atoms with Gasteiger partial charge < -0.3 is 0 Å². The van der Waals surface area contributed by atoms with Crippen LogP contribution in [0.25, 0.3) is 45.5 Å². The third kappa shape index (κ3) is 4.80. The van der Waals surface area contributed by atoms with Crippen LogP contribution in [0.3, 0.4) is 0 Å². The van der Waals surface area contributed by atoms with Crippen LogP contribution in [0.1, 0.15) is 56.9 Å². The molecule has 0 radical (unpaired) electrons. The molecule has 3 aromatic heterocycles. The molecule has 0 unspecified atom stereocenters. The van der Waals surface area contributed by atoms with Crippen molar-refractivity contribution in [3.8, 4) is 0 Å². The van der Waals surface area contributed by atoms with Crippen LogP contribution in [0.4, 0.5) is 5.82 Å². The smallest absolute Gasteiger partial charge is 0.145 e. The van der Waals surface area contributed by atoms with Crippen LogP contribution in [0.5, 0.6) is 0 Å². The van der Waals surface area contributed by atoms with E-state index in [-0.39, 0.29) is 0 Å². The number of rotatable bonds is 7. The number of para-hydroxylation sites is 1. The van der Waals surface area contributed by atoms with Gasteiger partial charge in [0.1, 0.15) is 11.5 Å². The minimum absolute atomic E-state index is 0.895. The van der Waals surface area contributed by atoms with Gasteiger partial charge in [0, 0.05) is 45.7 Å². The van der Waals surface area contributed by atoms with Gasteiger partial charge in [0.25, 0.3) is 0 Å². The first-order valence-corrected chi connectivity index (χ1v) is 14.5. The molecule has 1 aliphatic carbocycles. The highest BCUT2D eigenvalue weighted by Gasteiger charge is 2.19. The highest BCUT2D eigenvalue weighted by atomic mass is 15.1. The Balaban J connectivity index is 1.38. The van der Waals surface area contributed by atoms with Crippen LogP contribution in [-0.2, 0) is 6.42 Å². The highest BCUT2D eigenvalue weighted by molar-refractivity contribution is 5.95. The standard InChI is InChI=1S/C37H36N4/c1-5-28(22-20-26(3)40-34-18-9-7-8-14-30(34)32-16-12-24-38-36(32)40)29(6-2)23-21-27(4)41-35-19-11-10-15-31(35)33-17-13-25-39-37(33)41/h6,8-12,14-16,18-25H,2,5,7,13,17H2,1,3-4H3/b26-20+,27-21+,28-22+,29-23+. The summed E-state index contributed by atoms with van der Waals surface area (Å²) in [5.41, 5.74) is 10.5. The first kappa shape index (κ1) is 26.5. The van der Waals surface area contributed by atoms with E-state index in [4.69, 9.17) is 9.98 Å². The summed E-state index contributed by atoms with van der Waals surface area (Å²) < 4.78 is 4.55. The van der Waals surface area contributed by atoms with Crippen molar-refractivity contribution in [3.63, 3.8) is 0 Å². The second-order valence-corrected chi connectivity index (χ2v) is 10.5. The van der Waals surface area contributed by atoms with Gasteiger partial charge in [-0.05, 0) is 87.1 Å². The van der Waals surface area contributed by atoms with E-state index < -0.39 is 0 Å². The van der Waals surface area contributed by atoms with Crippen LogP contribution in [0.15, 0.2) is 108 Å². The molecular formula is C37H36N4. The van der Waals surface area contributed by atoms with Gasteiger partial charge >= 0.3 is 0 Å². The largest absolute Gasteiger partial charge is 0.298 e. The second-order valence-electron chi connectivity index (χ2n) is 10.5. The highest BCUT2D eigenvalue weighted by Crippen LogP contribution is 2.37. The van der Waals surface area contributed by atoms with Gasteiger partial charge in [-0.2, -0.15) is 0 Å². The monoisotopic (exact) mass is 536 g/mol. The number of allylic oxidation sites excluding steroid dienone is 11. The average Bonchev–Trinajstić information content (AvgIpc) is 3.39. The normalized spacial score (nSPS) is 15.9. The lowest BCUT2D eigenvalue weighted by molar-refractivity contribution is 1.00. The van der Waals surface area contributed by atoms with Gasteiger partial charge in [-0.25, -0.2) is 9.98 Å². The van der Waals surface area contributed by atoms with E-state index in [0.717, 1.165) is 54.1 Å². The number of hydrogen-bond donors (Lipinski definition) is 0. The molecule has 0 spiro atoms. The molecule has 4 nitrogen and oxygen atoms in total. The van der Waals surface area contributed by atoms with E-state index >= 15 is 0 Å². The number of fused-ring (bicyclic) bond motifs is 6. The van der Waals surface area contributed by atoms with Crippen molar-refractivity contribution in [3.05, 3.63) is 120 Å². The van der Waals surface area contributed by atoms with E-state index in [1.165, 1.54) is 38.7 Å². The van der Waals surface area contributed by atoms with Gasteiger partial charge in [0.15, 0.2) is 0 Å². The zero-order valence-electron chi connectivity index (χ0n) is 24.1. The molecular weight excluding hydrogens is 500 g/mol. The first-order chi connectivity index (χ1) is 20.1. The summed E-state index contributed by atoms with van der Waals surface area (Å²) in [5, 5.41) is 2.47. The molecule has 2 aliphatic rings. The van der Waals surface area contributed by atoms with Crippen LogP contribution in [0.2, 0.25) is 0 Å². The minimum atomic E-state index is 0.895. The van der Waals surface area contributed by atoms with Crippen molar-refractivity contribution in [2.45, 2.75) is 46.5 Å². The molecule has 4 heteroatoms. The molecule has 0 atom stereocenters. The number of aryl methyl sites for hydroxylation is 1. The minimum Gasteiger partial charge on any atom is -0.298 e. The van der Waals surface area contributed by atoms with Crippen LogP contribution < -0.4 is 0 Å².